The third kappa shape index (κ3) is 2.20. The van der Waals surface area contributed by atoms with Crippen LogP contribution >= 0.6 is 0 Å². The molecule has 1 heterocycles. The van der Waals surface area contributed by atoms with Crippen molar-refractivity contribution in [3.05, 3.63) is 35.6 Å². The molecule has 1 aliphatic rings. The molecule has 0 unspecified atom stereocenters. The summed E-state index contributed by atoms with van der Waals surface area (Å²) in [6.45, 7) is 0.598. The van der Waals surface area contributed by atoms with E-state index in [4.69, 9.17) is 14.6 Å². The second-order valence-corrected chi connectivity index (χ2v) is 3.47. The fourth-order valence-electron chi connectivity index (χ4n) is 1.65. The number of hydrogen-bond acceptors (Lipinski definition) is 3. The molecule has 2 rings (SSSR count). The van der Waals surface area contributed by atoms with Gasteiger partial charge in [-0.1, -0.05) is 12.1 Å². The first kappa shape index (κ1) is 11.0. The number of hydrogen-bond donors (Lipinski definition) is 1. The third-order valence-corrected chi connectivity index (χ3v) is 2.40. The summed E-state index contributed by atoms with van der Waals surface area (Å²) >= 11 is 0. The fourth-order valence-corrected chi connectivity index (χ4v) is 1.65. The van der Waals surface area contributed by atoms with Crippen LogP contribution in [0.2, 0.25) is 0 Å². The minimum atomic E-state index is -1.07. The van der Waals surface area contributed by atoms with Crippen molar-refractivity contribution in [2.45, 2.75) is 12.2 Å². The van der Waals surface area contributed by atoms with Crippen LogP contribution in [0.3, 0.4) is 0 Å². The Labute approximate surface area is 91.6 Å². The standard InChI is InChI=1S/C11H11FO4/c12-8-3-1-7(2-4-8)9-10(11(13)14)16-6-5-15-9/h1-4,9-10H,5-6H2,(H,13,14)/t9-,10+/m1/s1. The van der Waals surface area contributed by atoms with E-state index >= 15 is 0 Å². The van der Waals surface area contributed by atoms with E-state index in [9.17, 15) is 9.18 Å². The minimum Gasteiger partial charge on any atom is -0.479 e. The Morgan fingerprint density at radius 3 is 2.50 bits per heavy atom. The van der Waals surface area contributed by atoms with Gasteiger partial charge in [0.25, 0.3) is 0 Å². The lowest BCUT2D eigenvalue weighted by molar-refractivity contribution is -0.181. The number of ether oxygens (including phenoxy) is 2. The lowest BCUT2D eigenvalue weighted by atomic mass is 10.0. The summed E-state index contributed by atoms with van der Waals surface area (Å²) < 4.78 is 23.2. The zero-order valence-corrected chi connectivity index (χ0v) is 8.43. The maximum Gasteiger partial charge on any atom is 0.335 e. The Hall–Kier alpha value is -1.46. The number of rotatable bonds is 2. The van der Waals surface area contributed by atoms with Gasteiger partial charge in [-0.2, -0.15) is 0 Å². The SMILES string of the molecule is O=C(O)[C@H]1OCCO[C@@H]1c1ccc(F)cc1. The zero-order valence-electron chi connectivity index (χ0n) is 8.43. The minimum absolute atomic E-state index is 0.259. The molecule has 5 heteroatoms. The summed E-state index contributed by atoms with van der Waals surface area (Å²) in [5.41, 5.74) is 0.605. The van der Waals surface area contributed by atoms with Crippen LogP contribution in [0.4, 0.5) is 4.39 Å². The molecule has 1 aliphatic heterocycles. The average Bonchev–Trinajstić information content (AvgIpc) is 2.30. The zero-order chi connectivity index (χ0) is 11.5. The summed E-state index contributed by atoms with van der Waals surface area (Å²) in [6, 6.07) is 5.55. The van der Waals surface area contributed by atoms with Gasteiger partial charge in [-0.05, 0) is 17.7 Å². The van der Waals surface area contributed by atoms with Gasteiger partial charge in [0.05, 0.1) is 13.2 Å². The number of carboxylic acid groups (broad SMARTS) is 1. The topological polar surface area (TPSA) is 55.8 Å². The Morgan fingerprint density at radius 2 is 1.88 bits per heavy atom. The average molecular weight is 226 g/mol. The van der Waals surface area contributed by atoms with Gasteiger partial charge < -0.3 is 14.6 Å². The van der Waals surface area contributed by atoms with Crippen molar-refractivity contribution in [3.8, 4) is 0 Å². The van der Waals surface area contributed by atoms with Gasteiger partial charge in [0.1, 0.15) is 11.9 Å². The van der Waals surface area contributed by atoms with Crippen LogP contribution in [0, 0.1) is 5.82 Å². The van der Waals surface area contributed by atoms with Crippen LogP contribution in [0.5, 0.6) is 0 Å². The molecular weight excluding hydrogens is 215 g/mol. The lowest BCUT2D eigenvalue weighted by Gasteiger charge is -2.29. The molecular formula is C11H11FO4. The van der Waals surface area contributed by atoms with E-state index in [1.54, 1.807) is 0 Å². The highest BCUT2D eigenvalue weighted by Gasteiger charge is 2.34. The molecule has 16 heavy (non-hydrogen) atoms. The molecule has 1 N–H and O–H groups in total. The first-order valence-corrected chi connectivity index (χ1v) is 4.90. The highest BCUT2D eigenvalue weighted by atomic mass is 19.1. The van der Waals surface area contributed by atoms with Crippen LogP contribution in [-0.2, 0) is 14.3 Å². The third-order valence-electron chi connectivity index (χ3n) is 2.40. The van der Waals surface area contributed by atoms with E-state index in [1.807, 2.05) is 0 Å². The van der Waals surface area contributed by atoms with E-state index in [2.05, 4.69) is 0 Å². The van der Waals surface area contributed by atoms with Crippen LogP contribution < -0.4 is 0 Å². The van der Waals surface area contributed by atoms with Gasteiger partial charge >= 0.3 is 5.97 Å². The molecule has 0 spiro atoms. The molecule has 1 saturated heterocycles. The summed E-state index contributed by atoms with van der Waals surface area (Å²) in [7, 11) is 0. The molecule has 0 bridgehead atoms. The molecule has 0 aliphatic carbocycles. The molecule has 0 amide bonds. The van der Waals surface area contributed by atoms with Crippen molar-refractivity contribution in [2.75, 3.05) is 13.2 Å². The van der Waals surface area contributed by atoms with Crippen molar-refractivity contribution >= 4 is 5.97 Å². The van der Waals surface area contributed by atoms with Crippen molar-refractivity contribution in [1.29, 1.82) is 0 Å². The van der Waals surface area contributed by atoms with E-state index in [0.717, 1.165) is 0 Å². The normalized spacial score (nSPS) is 25.3. The van der Waals surface area contributed by atoms with Gasteiger partial charge in [0.15, 0.2) is 6.10 Å². The van der Waals surface area contributed by atoms with Crippen LogP contribution in [0.1, 0.15) is 11.7 Å². The molecule has 86 valence electrons. The Bertz CT molecular complexity index is 376. The summed E-state index contributed by atoms with van der Waals surface area (Å²) in [5, 5.41) is 8.95. The molecule has 1 aromatic carbocycles. The predicted octanol–water partition coefficient (Wildman–Crippen LogP) is 1.37. The quantitative estimate of drug-likeness (QED) is 0.827. The van der Waals surface area contributed by atoms with Crippen molar-refractivity contribution < 1.29 is 23.8 Å². The maximum atomic E-state index is 12.7. The second-order valence-electron chi connectivity index (χ2n) is 3.47. The molecule has 0 saturated carbocycles. The van der Waals surface area contributed by atoms with Crippen LogP contribution in [0.15, 0.2) is 24.3 Å². The fraction of sp³-hybridized carbons (Fsp3) is 0.364. The predicted molar refractivity (Wildman–Crippen MR) is 52.5 cm³/mol. The Morgan fingerprint density at radius 1 is 1.25 bits per heavy atom. The van der Waals surface area contributed by atoms with Crippen molar-refractivity contribution in [3.63, 3.8) is 0 Å². The van der Waals surface area contributed by atoms with Gasteiger partial charge in [0, 0.05) is 0 Å². The number of halogens is 1. The molecule has 4 nitrogen and oxygen atoms in total. The summed E-state index contributed by atoms with van der Waals surface area (Å²) in [6.07, 6.45) is -1.70. The smallest absolute Gasteiger partial charge is 0.335 e. The molecule has 2 atom stereocenters. The molecule has 0 aromatic heterocycles. The van der Waals surface area contributed by atoms with E-state index < -0.39 is 18.2 Å². The molecule has 1 fully saturated rings. The number of benzene rings is 1. The van der Waals surface area contributed by atoms with Crippen LogP contribution in [-0.4, -0.2) is 30.4 Å². The van der Waals surface area contributed by atoms with Gasteiger partial charge in [0.2, 0.25) is 0 Å². The largest absolute Gasteiger partial charge is 0.479 e. The molecule has 0 radical (unpaired) electrons. The Balaban J connectivity index is 2.23. The van der Waals surface area contributed by atoms with E-state index in [-0.39, 0.29) is 12.4 Å². The van der Waals surface area contributed by atoms with Crippen molar-refractivity contribution in [1.82, 2.24) is 0 Å². The number of aliphatic carboxylic acids is 1. The monoisotopic (exact) mass is 226 g/mol. The number of carboxylic acids is 1. The first-order valence-electron chi connectivity index (χ1n) is 4.90. The maximum absolute atomic E-state index is 12.7. The lowest BCUT2D eigenvalue weighted by Crippen LogP contribution is -2.38. The van der Waals surface area contributed by atoms with E-state index in [1.165, 1.54) is 24.3 Å². The van der Waals surface area contributed by atoms with Gasteiger partial charge in [-0.15, -0.1) is 0 Å². The first-order chi connectivity index (χ1) is 7.68. The van der Waals surface area contributed by atoms with Gasteiger partial charge in [-0.3, -0.25) is 0 Å². The van der Waals surface area contributed by atoms with Crippen LogP contribution in [0.25, 0.3) is 0 Å². The molecule has 1 aromatic rings. The highest BCUT2D eigenvalue weighted by molar-refractivity contribution is 5.73. The second kappa shape index (κ2) is 4.59. The summed E-state index contributed by atoms with van der Waals surface area (Å²) in [4.78, 5) is 10.9. The highest BCUT2D eigenvalue weighted by Crippen LogP contribution is 2.26. The van der Waals surface area contributed by atoms with Gasteiger partial charge in [-0.25, -0.2) is 9.18 Å². The summed E-state index contributed by atoms with van der Waals surface area (Å²) in [5.74, 6) is -1.44. The van der Waals surface area contributed by atoms with E-state index in [0.29, 0.717) is 12.2 Å². The Kier molecular flexibility index (Phi) is 3.17. The number of carbonyl (C=O) groups is 1. The van der Waals surface area contributed by atoms with Crippen molar-refractivity contribution in [2.24, 2.45) is 0 Å².